The number of halogens is 3. The molecule has 2 amide bonds. The van der Waals surface area contributed by atoms with Gasteiger partial charge in [-0.1, -0.05) is 32.9 Å². The van der Waals surface area contributed by atoms with Gasteiger partial charge in [-0.05, 0) is 43.2 Å². The molecule has 2 rings (SSSR count). The van der Waals surface area contributed by atoms with E-state index in [0.29, 0.717) is 21.0 Å². The summed E-state index contributed by atoms with van der Waals surface area (Å²) in [6, 6.07) is 5.97. The monoisotopic (exact) mass is 412 g/mol. The van der Waals surface area contributed by atoms with Crippen molar-refractivity contribution < 1.29 is 22.8 Å². The predicted octanol–water partition coefficient (Wildman–Crippen LogP) is 5.55. The van der Waals surface area contributed by atoms with Crippen LogP contribution in [0.4, 0.5) is 18.2 Å². The first kappa shape index (κ1) is 21.9. The van der Waals surface area contributed by atoms with E-state index >= 15 is 0 Å². The number of carbonyl (C=O) groups is 2. The van der Waals surface area contributed by atoms with Gasteiger partial charge in [0.25, 0.3) is 5.91 Å². The van der Waals surface area contributed by atoms with E-state index in [2.05, 4.69) is 10.6 Å². The summed E-state index contributed by atoms with van der Waals surface area (Å²) in [4.78, 5) is 25.1. The Hall–Kier alpha value is -2.35. The second-order valence-corrected chi connectivity index (χ2v) is 8.70. The van der Waals surface area contributed by atoms with Crippen molar-refractivity contribution >= 4 is 28.2 Å². The van der Waals surface area contributed by atoms with Gasteiger partial charge in [-0.3, -0.25) is 9.59 Å². The van der Waals surface area contributed by atoms with Crippen LogP contribution in [0.5, 0.6) is 0 Å². The first-order valence-electron chi connectivity index (χ1n) is 8.69. The molecule has 0 bridgehead atoms. The van der Waals surface area contributed by atoms with Crippen molar-refractivity contribution in [2.24, 2.45) is 5.41 Å². The maximum atomic E-state index is 12.9. The van der Waals surface area contributed by atoms with Gasteiger partial charge >= 0.3 is 6.18 Å². The topological polar surface area (TPSA) is 58.2 Å². The third-order valence-electron chi connectivity index (χ3n) is 4.10. The van der Waals surface area contributed by atoms with Gasteiger partial charge in [0.1, 0.15) is 0 Å². The highest BCUT2D eigenvalue weighted by atomic mass is 32.1. The molecule has 0 saturated carbocycles. The number of thiophene rings is 1. The third kappa shape index (κ3) is 5.34. The molecule has 1 aromatic heterocycles. The quantitative estimate of drug-likeness (QED) is 0.692. The van der Waals surface area contributed by atoms with E-state index < -0.39 is 29.1 Å². The van der Waals surface area contributed by atoms with Crippen LogP contribution in [0.15, 0.2) is 30.3 Å². The van der Waals surface area contributed by atoms with Gasteiger partial charge in [-0.15, -0.1) is 11.3 Å². The lowest BCUT2D eigenvalue weighted by molar-refractivity contribution is -0.137. The highest BCUT2D eigenvalue weighted by Gasteiger charge is 2.31. The van der Waals surface area contributed by atoms with Gasteiger partial charge in [0.05, 0.1) is 21.5 Å². The minimum atomic E-state index is -4.44. The van der Waals surface area contributed by atoms with Crippen molar-refractivity contribution in [3.8, 4) is 0 Å². The number of amides is 2. The van der Waals surface area contributed by atoms with E-state index in [1.165, 1.54) is 12.1 Å². The zero-order valence-electron chi connectivity index (χ0n) is 16.3. The van der Waals surface area contributed by atoms with E-state index in [9.17, 15) is 22.8 Å². The standard InChI is InChI=1S/C20H23F3N2O2S/c1-11-9-15(25-18(27)19(3,4)5)28-16(11)17(26)24-12(2)13-7-6-8-14(10-13)20(21,22)23/h6-10,12H,1-5H3,(H,24,26)(H,25,27). The van der Waals surface area contributed by atoms with Crippen LogP contribution >= 0.6 is 11.3 Å². The van der Waals surface area contributed by atoms with Crippen LogP contribution < -0.4 is 10.6 Å². The van der Waals surface area contributed by atoms with Gasteiger partial charge in [0.2, 0.25) is 5.91 Å². The molecule has 1 atom stereocenters. The molecule has 0 radical (unpaired) electrons. The Labute approximate surface area is 166 Å². The Morgan fingerprint density at radius 2 is 1.75 bits per heavy atom. The Kier molecular flexibility index (Phi) is 6.23. The smallest absolute Gasteiger partial charge is 0.345 e. The fraction of sp³-hybridized carbons (Fsp3) is 0.400. The number of hydrogen-bond acceptors (Lipinski definition) is 3. The number of nitrogens with one attached hydrogen (secondary N) is 2. The second-order valence-electron chi connectivity index (χ2n) is 7.65. The van der Waals surface area contributed by atoms with Crippen molar-refractivity contribution in [3.63, 3.8) is 0 Å². The molecule has 0 fully saturated rings. The van der Waals surface area contributed by atoms with Gasteiger partial charge in [0.15, 0.2) is 0 Å². The van der Waals surface area contributed by atoms with Crippen LogP contribution in [-0.4, -0.2) is 11.8 Å². The Bertz CT molecular complexity index is 882. The first-order chi connectivity index (χ1) is 12.8. The number of alkyl halides is 3. The summed E-state index contributed by atoms with van der Waals surface area (Å²) in [5.74, 6) is -0.568. The molecule has 1 heterocycles. The van der Waals surface area contributed by atoms with E-state index in [1.807, 2.05) is 0 Å². The molecule has 4 nitrogen and oxygen atoms in total. The number of benzene rings is 1. The zero-order chi connectivity index (χ0) is 21.3. The van der Waals surface area contributed by atoms with Crippen molar-refractivity contribution in [1.82, 2.24) is 5.32 Å². The molecule has 8 heteroatoms. The molecule has 152 valence electrons. The highest BCUT2D eigenvalue weighted by Crippen LogP contribution is 2.32. The van der Waals surface area contributed by atoms with Gasteiger partial charge in [-0.2, -0.15) is 13.2 Å². The fourth-order valence-electron chi connectivity index (χ4n) is 2.40. The number of aryl methyl sites for hydroxylation is 1. The molecular weight excluding hydrogens is 389 g/mol. The summed E-state index contributed by atoms with van der Waals surface area (Å²) in [6.45, 7) is 8.72. The minimum Gasteiger partial charge on any atom is -0.345 e. The third-order valence-corrected chi connectivity index (χ3v) is 5.25. The second kappa shape index (κ2) is 7.95. The molecular formula is C20H23F3N2O2S. The Morgan fingerprint density at radius 1 is 1.11 bits per heavy atom. The number of anilines is 1. The fourth-order valence-corrected chi connectivity index (χ4v) is 3.37. The molecule has 0 aliphatic rings. The Balaban J connectivity index is 2.14. The van der Waals surface area contributed by atoms with Crippen molar-refractivity contribution in [3.05, 3.63) is 51.9 Å². The molecule has 2 N–H and O–H groups in total. The van der Waals surface area contributed by atoms with Crippen LogP contribution in [0.25, 0.3) is 0 Å². The van der Waals surface area contributed by atoms with Crippen molar-refractivity contribution in [2.75, 3.05) is 5.32 Å². The van der Waals surface area contributed by atoms with Gasteiger partial charge < -0.3 is 10.6 Å². The van der Waals surface area contributed by atoms with E-state index in [-0.39, 0.29) is 5.91 Å². The minimum absolute atomic E-state index is 0.168. The number of carbonyl (C=O) groups excluding carboxylic acids is 2. The molecule has 2 aromatic rings. The lowest BCUT2D eigenvalue weighted by Crippen LogP contribution is -2.27. The van der Waals surface area contributed by atoms with Crippen LogP contribution in [0.3, 0.4) is 0 Å². The van der Waals surface area contributed by atoms with Crippen LogP contribution in [0.1, 0.15) is 60.1 Å². The molecule has 1 aromatic carbocycles. The molecule has 28 heavy (non-hydrogen) atoms. The normalized spacial score (nSPS) is 13.1. The van der Waals surface area contributed by atoms with Gasteiger partial charge in [-0.25, -0.2) is 0 Å². The van der Waals surface area contributed by atoms with Crippen LogP contribution in [-0.2, 0) is 11.0 Å². The summed E-state index contributed by atoms with van der Waals surface area (Å²) >= 11 is 1.13. The zero-order valence-corrected chi connectivity index (χ0v) is 17.1. The first-order valence-corrected chi connectivity index (χ1v) is 9.50. The maximum Gasteiger partial charge on any atom is 0.416 e. The lowest BCUT2D eigenvalue weighted by atomic mass is 9.96. The number of rotatable bonds is 4. The summed E-state index contributed by atoms with van der Waals surface area (Å²) in [6.07, 6.45) is -4.44. The maximum absolute atomic E-state index is 12.9. The van der Waals surface area contributed by atoms with E-state index in [0.717, 1.165) is 23.5 Å². The summed E-state index contributed by atoms with van der Waals surface area (Å²) in [7, 11) is 0. The summed E-state index contributed by atoms with van der Waals surface area (Å²) in [5.41, 5.74) is -0.287. The van der Waals surface area contributed by atoms with Crippen LogP contribution in [0.2, 0.25) is 0 Å². The molecule has 0 aliphatic carbocycles. The van der Waals surface area contributed by atoms with E-state index in [4.69, 9.17) is 0 Å². The Morgan fingerprint density at radius 3 is 2.32 bits per heavy atom. The molecule has 0 saturated heterocycles. The molecule has 0 spiro atoms. The average Bonchev–Trinajstić information content (AvgIpc) is 2.93. The number of hydrogen-bond donors (Lipinski definition) is 2. The van der Waals surface area contributed by atoms with Crippen molar-refractivity contribution in [1.29, 1.82) is 0 Å². The summed E-state index contributed by atoms with van der Waals surface area (Å²) in [5, 5.41) is 6.05. The molecule has 1 unspecified atom stereocenters. The lowest BCUT2D eigenvalue weighted by Gasteiger charge is -2.16. The van der Waals surface area contributed by atoms with Crippen LogP contribution in [0, 0.1) is 12.3 Å². The molecule has 0 aliphatic heterocycles. The largest absolute Gasteiger partial charge is 0.416 e. The van der Waals surface area contributed by atoms with E-state index in [1.54, 1.807) is 40.7 Å². The highest BCUT2D eigenvalue weighted by molar-refractivity contribution is 7.18. The average molecular weight is 412 g/mol. The summed E-state index contributed by atoms with van der Waals surface area (Å²) < 4.78 is 38.6. The SMILES string of the molecule is Cc1cc(NC(=O)C(C)(C)C)sc1C(=O)NC(C)c1cccc(C(F)(F)F)c1. The predicted molar refractivity (Wildman–Crippen MR) is 104 cm³/mol. The van der Waals surface area contributed by atoms with Gasteiger partial charge in [0, 0.05) is 5.41 Å². The van der Waals surface area contributed by atoms with Crippen molar-refractivity contribution in [2.45, 2.75) is 46.8 Å².